The maximum absolute atomic E-state index is 12.6. The summed E-state index contributed by atoms with van der Waals surface area (Å²) in [7, 11) is 0. The molecule has 3 aromatic rings. The van der Waals surface area contributed by atoms with E-state index in [-0.39, 0.29) is 18.2 Å². The Labute approximate surface area is 171 Å². The van der Waals surface area contributed by atoms with Gasteiger partial charge in [0, 0.05) is 30.1 Å². The predicted molar refractivity (Wildman–Crippen MR) is 110 cm³/mol. The molecule has 1 unspecified atom stereocenters. The lowest BCUT2D eigenvalue weighted by atomic mass is 10.1. The maximum atomic E-state index is 12.6. The molecule has 6 nitrogen and oxygen atoms in total. The molecule has 0 saturated carbocycles. The summed E-state index contributed by atoms with van der Waals surface area (Å²) < 4.78 is 0. The molecule has 2 amide bonds. The van der Waals surface area contributed by atoms with E-state index in [1.165, 1.54) is 11.3 Å². The van der Waals surface area contributed by atoms with Crippen molar-refractivity contribution in [2.45, 2.75) is 12.8 Å². The van der Waals surface area contributed by atoms with Crippen LogP contribution in [0.1, 0.15) is 17.0 Å². The van der Waals surface area contributed by atoms with Crippen LogP contribution >= 0.6 is 22.9 Å². The zero-order chi connectivity index (χ0) is 19.5. The molecular formula is C20H17ClN4O2S. The first-order valence-corrected chi connectivity index (χ1v) is 10.0. The normalized spacial score (nSPS) is 16.4. The van der Waals surface area contributed by atoms with E-state index in [0.717, 1.165) is 16.3 Å². The summed E-state index contributed by atoms with van der Waals surface area (Å²) in [5, 5.41) is 12.9. The number of nitrogens with one attached hydrogen (secondary N) is 1. The number of carbonyl (C=O) groups excluding carboxylic acids is 2. The van der Waals surface area contributed by atoms with Gasteiger partial charge in [-0.1, -0.05) is 53.3 Å². The standard InChI is InChI=1S/C20H17ClN4O2S/c21-15-6-8-16(9-7-15)25-12-14(11-18(25)26)19(27)22-20-24-23-17(28-20)10-13-4-2-1-3-5-13/h1-9,14H,10-12H2,(H,22,24,27). The highest BCUT2D eigenvalue weighted by molar-refractivity contribution is 7.15. The highest BCUT2D eigenvalue weighted by Gasteiger charge is 2.35. The molecule has 2 aromatic carbocycles. The number of benzene rings is 2. The van der Waals surface area contributed by atoms with Gasteiger partial charge in [-0.15, -0.1) is 10.2 Å². The average molecular weight is 413 g/mol. The lowest BCUT2D eigenvalue weighted by Crippen LogP contribution is -2.28. The largest absolute Gasteiger partial charge is 0.312 e. The molecule has 1 atom stereocenters. The number of halogens is 1. The Bertz CT molecular complexity index is 991. The zero-order valence-electron chi connectivity index (χ0n) is 14.8. The van der Waals surface area contributed by atoms with Crippen LogP contribution in [-0.2, 0) is 16.0 Å². The van der Waals surface area contributed by atoms with Gasteiger partial charge in [-0.3, -0.25) is 9.59 Å². The Morgan fingerprint density at radius 2 is 1.89 bits per heavy atom. The van der Waals surface area contributed by atoms with E-state index in [9.17, 15) is 9.59 Å². The van der Waals surface area contributed by atoms with Crippen molar-refractivity contribution >= 4 is 45.6 Å². The minimum absolute atomic E-state index is 0.0792. The third kappa shape index (κ3) is 4.21. The molecule has 1 saturated heterocycles. The van der Waals surface area contributed by atoms with Crippen LogP contribution in [0.3, 0.4) is 0 Å². The summed E-state index contributed by atoms with van der Waals surface area (Å²) >= 11 is 7.24. The zero-order valence-corrected chi connectivity index (χ0v) is 16.4. The fourth-order valence-corrected chi connectivity index (χ4v) is 4.01. The van der Waals surface area contributed by atoms with Gasteiger partial charge < -0.3 is 10.2 Å². The molecule has 1 aliphatic rings. The minimum atomic E-state index is -0.426. The Balaban J connectivity index is 1.38. The summed E-state index contributed by atoms with van der Waals surface area (Å²) in [5.41, 5.74) is 1.88. The number of hydrogen-bond donors (Lipinski definition) is 1. The summed E-state index contributed by atoms with van der Waals surface area (Å²) in [6.45, 7) is 0.335. The van der Waals surface area contributed by atoms with Crippen molar-refractivity contribution in [3.63, 3.8) is 0 Å². The van der Waals surface area contributed by atoms with Crippen molar-refractivity contribution < 1.29 is 9.59 Å². The first-order chi connectivity index (χ1) is 13.6. The van der Waals surface area contributed by atoms with E-state index < -0.39 is 5.92 Å². The summed E-state index contributed by atoms with van der Waals surface area (Å²) in [6.07, 6.45) is 0.838. The average Bonchev–Trinajstić information content (AvgIpc) is 3.30. The van der Waals surface area contributed by atoms with Crippen LogP contribution in [0.15, 0.2) is 54.6 Å². The molecular weight excluding hydrogens is 396 g/mol. The van der Waals surface area contributed by atoms with Crippen LogP contribution in [0.25, 0.3) is 0 Å². The molecule has 142 valence electrons. The molecule has 8 heteroatoms. The molecule has 1 fully saturated rings. The second-order valence-corrected chi connectivity index (χ2v) is 8.03. The quantitative estimate of drug-likeness (QED) is 0.692. The van der Waals surface area contributed by atoms with Crippen molar-refractivity contribution in [3.05, 3.63) is 70.2 Å². The van der Waals surface area contributed by atoms with Gasteiger partial charge in [0.1, 0.15) is 5.01 Å². The first kappa shape index (κ1) is 18.6. The fourth-order valence-electron chi connectivity index (χ4n) is 3.11. The van der Waals surface area contributed by atoms with Gasteiger partial charge in [0.25, 0.3) is 0 Å². The second-order valence-electron chi connectivity index (χ2n) is 6.53. The van der Waals surface area contributed by atoms with E-state index >= 15 is 0 Å². The fraction of sp³-hybridized carbons (Fsp3) is 0.200. The van der Waals surface area contributed by atoms with Gasteiger partial charge in [-0.05, 0) is 29.8 Å². The van der Waals surface area contributed by atoms with Crippen molar-refractivity contribution in [1.29, 1.82) is 0 Å². The number of amides is 2. The van der Waals surface area contributed by atoms with Crippen LogP contribution in [0.5, 0.6) is 0 Å². The number of carbonyl (C=O) groups is 2. The Kier molecular flexibility index (Phi) is 5.36. The molecule has 0 bridgehead atoms. The van der Waals surface area contributed by atoms with Crippen molar-refractivity contribution in [2.24, 2.45) is 5.92 Å². The van der Waals surface area contributed by atoms with Crippen molar-refractivity contribution in [3.8, 4) is 0 Å². The van der Waals surface area contributed by atoms with Crippen LogP contribution in [0.2, 0.25) is 5.02 Å². The van der Waals surface area contributed by atoms with E-state index in [2.05, 4.69) is 15.5 Å². The number of nitrogens with zero attached hydrogens (tertiary/aromatic N) is 3. The molecule has 1 aliphatic heterocycles. The topological polar surface area (TPSA) is 75.2 Å². The van der Waals surface area contributed by atoms with Gasteiger partial charge in [0.05, 0.1) is 5.92 Å². The van der Waals surface area contributed by atoms with E-state index in [0.29, 0.717) is 23.1 Å². The highest BCUT2D eigenvalue weighted by Crippen LogP contribution is 2.27. The molecule has 1 N–H and O–H groups in total. The monoisotopic (exact) mass is 412 g/mol. The lowest BCUT2D eigenvalue weighted by Gasteiger charge is -2.16. The van der Waals surface area contributed by atoms with E-state index in [1.54, 1.807) is 29.2 Å². The molecule has 28 heavy (non-hydrogen) atoms. The van der Waals surface area contributed by atoms with Crippen LogP contribution in [0.4, 0.5) is 10.8 Å². The molecule has 2 heterocycles. The van der Waals surface area contributed by atoms with Gasteiger partial charge in [0.15, 0.2) is 0 Å². The minimum Gasteiger partial charge on any atom is -0.312 e. The van der Waals surface area contributed by atoms with Crippen LogP contribution < -0.4 is 10.2 Å². The molecule has 1 aromatic heterocycles. The van der Waals surface area contributed by atoms with Crippen LogP contribution in [0, 0.1) is 5.92 Å². The maximum Gasteiger partial charge on any atom is 0.231 e. The smallest absolute Gasteiger partial charge is 0.231 e. The van der Waals surface area contributed by atoms with Crippen molar-refractivity contribution in [1.82, 2.24) is 10.2 Å². The van der Waals surface area contributed by atoms with Crippen LogP contribution in [-0.4, -0.2) is 28.6 Å². The Morgan fingerprint density at radius 1 is 1.14 bits per heavy atom. The summed E-state index contributed by atoms with van der Waals surface area (Å²) in [5.74, 6) is -0.721. The SMILES string of the molecule is O=C(Nc1nnc(Cc2ccccc2)s1)C1CC(=O)N(c2ccc(Cl)cc2)C1. The Hall–Kier alpha value is -2.77. The lowest BCUT2D eigenvalue weighted by molar-refractivity contribution is -0.122. The molecule has 4 rings (SSSR count). The number of hydrogen-bond acceptors (Lipinski definition) is 5. The number of anilines is 2. The number of rotatable bonds is 5. The molecule has 0 aliphatic carbocycles. The summed E-state index contributed by atoms with van der Waals surface area (Å²) in [4.78, 5) is 26.5. The highest BCUT2D eigenvalue weighted by atomic mass is 35.5. The third-order valence-corrected chi connectivity index (χ3v) is 5.62. The van der Waals surface area contributed by atoms with Crippen molar-refractivity contribution in [2.75, 3.05) is 16.8 Å². The Morgan fingerprint density at radius 3 is 2.64 bits per heavy atom. The van der Waals surface area contributed by atoms with Gasteiger partial charge in [-0.25, -0.2) is 0 Å². The van der Waals surface area contributed by atoms with Gasteiger partial charge in [0.2, 0.25) is 16.9 Å². The predicted octanol–water partition coefficient (Wildman–Crippen LogP) is 3.77. The van der Waals surface area contributed by atoms with E-state index in [4.69, 9.17) is 11.6 Å². The molecule has 0 radical (unpaired) electrons. The second kappa shape index (κ2) is 8.08. The van der Waals surface area contributed by atoms with Gasteiger partial charge in [-0.2, -0.15) is 0 Å². The molecule has 0 spiro atoms. The summed E-state index contributed by atoms with van der Waals surface area (Å²) in [6, 6.07) is 17.0. The van der Waals surface area contributed by atoms with E-state index in [1.807, 2.05) is 30.3 Å². The third-order valence-electron chi connectivity index (χ3n) is 4.53. The first-order valence-electron chi connectivity index (χ1n) is 8.81. The number of aromatic nitrogens is 2. The van der Waals surface area contributed by atoms with Gasteiger partial charge >= 0.3 is 0 Å².